The van der Waals surface area contributed by atoms with Gasteiger partial charge in [-0.3, -0.25) is 4.79 Å². The fourth-order valence-corrected chi connectivity index (χ4v) is 4.36. The lowest BCUT2D eigenvalue weighted by Crippen LogP contribution is -2.46. The zero-order chi connectivity index (χ0) is 21.5. The molecular formula is C27H32N2O2. The first-order chi connectivity index (χ1) is 15.2. The largest absolute Gasteiger partial charge is 0.388 e. The van der Waals surface area contributed by atoms with Gasteiger partial charge in [0.2, 0.25) is 5.91 Å². The minimum Gasteiger partial charge on any atom is -0.388 e. The molecule has 0 N–H and O–H groups in total. The Morgan fingerprint density at radius 3 is 2.52 bits per heavy atom. The average molecular weight is 417 g/mol. The normalized spacial score (nSPS) is 17.7. The average Bonchev–Trinajstić information content (AvgIpc) is 3.23. The van der Waals surface area contributed by atoms with Crippen molar-refractivity contribution in [2.24, 2.45) is 5.16 Å². The third-order valence-electron chi connectivity index (χ3n) is 6.40. The molecule has 2 aliphatic rings. The molecular weight excluding hydrogens is 384 g/mol. The predicted octanol–water partition coefficient (Wildman–Crippen LogP) is 5.62. The molecule has 1 fully saturated rings. The van der Waals surface area contributed by atoms with E-state index in [1.165, 1.54) is 24.8 Å². The molecule has 0 aliphatic carbocycles. The number of amides is 1. The molecule has 1 amide bonds. The van der Waals surface area contributed by atoms with E-state index < -0.39 is 0 Å². The van der Waals surface area contributed by atoms with E-state index in [0.29, 0.717) is 13.1 Å². The molecule has 1 saturated heterocycles. The Labute approximate surface area is 185 Å². The minimum atomic E-state index is -0.251. The molecule has 0 saturated carbocycles. The second-order valence-electron chi connectivity index (χ2n) is 8.71. The predicted molar refractivity (Wildman–Crippen MR) is 126 cm³/mol. The molecule has 0 radical (unpaired) electrons. The number of likely N-dealkylation sites (tertiary alicyclic amines) is 1. The van der Waals surface area contributed by atoms with Gasteiger partial charge >= 0.3 is 0 Å². The fourth-order valence-electron chi connectivity index (χ4n) is 4.36. The van der Waals surface area contributed by atoms with E-state index in [1.807, 2.05) is 29.2 Å². The van der Waals surface area contributed by atoms with Crippen molar-refractivity contribution in [3.05, 3.63) is 77.4 Å². The SMILES string of the molecule is CCCCCc1ccc(C=CC(=O)N2CCC3(CC2)CC(c2ccccc2)=NO3)cc1. The molecule has 4 rings (SSSR count). The monoisotopic (exact) mass is 416 g/mol. The Morgan fingerprint density at radius 1 is 1.06 bits per heavy atom. The van der Waals surface area contributed by atoms with Gasteiger partial charge in [-0.05, 0) is 35.6 Å². The molecule has 0 aromatic heterocycles. The van der Waals surface area contributed by atoms with Gasteiger partial charge < -0.3 is 9.74 Å². The summed E-state index contributed by atoms with van der Waals surface area (Å²) in [6.45, 7) is 3.64. The summed E-state index contributed by atoms with van der Waals surface area (Å²) >= 11 is 0. The van der Waals surface area contributed by atoms with Crippen LogP contribution in [0.2, 0.25) is 0 Å². The van der Waals surface area contributed by atoms with E-state index in [2.05, 4.69) is 48.5 Å². The van der Waals surface area contributed by atoms with Crippen LogP contribution in [0.5, 0.6) is 0 Å². The van der Waals surface area contributed by atoms with Crippen molar-refractivity contribution < 1.29 is 9.63 Å². The lowest BCUT2D eigenvalue weighted by atomic mass is 9.85. The molecule has 31 heavy (non-hydrogen) atoms. The number of oxime groups is 1. The molecule has 2 aromatic carbocycles. The molecule has 0 atom stereocenters. The van der Waals surface area contributed by atoms with Crippen molar-refractivity contribution in [2.75, 3.05) is 13.1 Å². The van der Waals surface area contributed by atoms with Gasteiger partial charge in [0.25, 0.3) is 0 Å². The van der Waals surface area contributed by atoms with Crippen LogP contribution < -0.4 is 0 Å². The number of rotatable bonds is 7. The van der Waals surface area contributed by atoms with Gasteiger partial charge in [0, 0.05) is 38.4 Å². The first-order valence-electron chi connectivity index (χ1n) is 11.5. The fraction of sp³-hybridized carbons (Fsp3) is 0.407. The van der Waals surface area contributed by atoms with Crippen molar-refractivity contribution in [2.45, 2.75) is 57.5 Å². The van der Waals surface area contributed by atoms with Gasteiger partial charge in [-0.25, -0.2) is 0 Å². The van der Waals surface area contributed by atoms with Gasteiger partial charge in [0.05, 0.1) is 5.71 Å². The van der Waals surface area contributed by atoms with E-state index in [9.17, 15) is 4.79 Å². The molecule has 2 aliphatic heterocycles. The summed E-state index contributed by atoms with van der Waals surface area (Å²) in [5.74, 6) is 0.0732. The molecule has 2 heterocycles. The Morgan fingerprint density at radius 2 is 1.81 bits per heavy atom. The Kier molecular flexibility index (Phi) is 6.86. The van der Waals surface area contributed by atoms with Crippen molar-refractivity contribution >= 4 is 17.7 Å². The van der Waals surface area contributed by atoms with Gasteiger partial charge in [0.1, 0.15) is 5.60 Å². The number of unbranched alkanes of at least 4 members (excludes halogenated alkanes) is 2. The van der Waals surface area contributed by atoms with Crippen LogP contribution in [0.25, 0.3) is 6.08 Å². The number of aryl methyl sites for hydroxylation is 1. The van der Waals surface area contributed by atoms with E-state index in [4.69, 9.17) is 4.84 Å². The smallest absolute Gasteiger partial charge is 0.246 e. The summed E-state index contributed by atoms with van der Waals surface area (Å²) in [5, 5.41) is 4.36. The maximum atomic E-state index is 12.7. The third-order valence-corrected chi connectivity index (χ3v) is 6.40. The van der Waals surface area contributed by atoms with Crippen molar-refractivity contribution in [3.8, 4) is 0 Å². The first-order valence-corrected chi connectivity index (χ1v) is 11.5. The Bertz CT molecular complexity index is 923. The number of hydrogen-bond acceptors (Lipinski definition) is 3. The lowest BCUT2D eigenvalue weighted by molar-refractivity contribution is -0.131. The van der Waals surface area contributed by atoms with Crippen LogP contribution in [0.4, 0.5) is 0 Å². The number of carbonyl (C=O) groups is 1. The van der Waals surface area contributed by atoms with Gasteiger partial charge in [-0.15, -0.1) is 0 Å². The van der Waals surface area contributed by atoms with Crippen LogP contribution >= 0.6 is 0 Å². The van der Waals surface area contributed by atoms with Crippen LogP contribution in [0.15, 0.2) is 65.8 Å². The summed E-state index contributed by atoms with van der Waals surface area (Å²) in [6, 6.07) is 18.8. The van der Waals surface area contributed by atoms with Crippen molar-refractivity contribution in [1.29, 1.82) is 0 Å². The van der Waals surface area contributed by atoms with Crippen LogP contribution in [0.3, 0.4) is 0 Å². The van der Waals surface area contributed by atoms with Crippen LogP contribution in [-0.4, -0.2) is 35.2 Å². The summed E-state index contributed by atoms with van der Waals surface area (Å²) in [6.07, 6.45) is 11.0. The quantitative estimate of drug-likeness (QED) is 0.434. The number of carbonyl (C=O) groups excluding carboxylic acids is 1. The van der Waals surface area contributed by atoms with Crippen molar-refractivity contribution in [1.82, 2.24) is 4.90 Å². The maximum Gasteiger partial charge on any atom is 0.246 e. The van der Waals surface area contributed by atoms with Gasteiger partial charge in [-0.2, -0.15) is 0 Å². The van der Waals surface area contributed by atoms with Crippen LogP contribution in [0.1, 0.15) is 62.1 Å². The Hall–Kier alpha value is -2.88. The number of hydrogen-bond donors (Lipinski definition) is 0. The summed E-state index contributed by atoms with van der Waals surface area (Å²) in [4.78, 5) is 20.5. The molecule has 4 heteroatoms. The minimum absolute atomic E-state index is 0.0732. The topological polar surface area (TPSA) is 41.9 Å². The van der Waals surface area contributed by atoms with E-state index in [-0.39, 0.29) is 11.5 Å². The highest BCUT2D eigenvalue weighted by Crippen LogP contribution is 2.36. The van der Waals surface area contributed by atoms with Gasteiger partial charge in [-0.1, -0.05) is 79.5 Å². The molecule has 1 spiro atoms. The van der Waals surface area contributed by atoms with E-state index >= 15 is 0 Å². The van der Waals surface area contributed by atoms with Crippen LogP contribution in [0, 0.1) is 0 Å². The number of piperidine rings is 1. The van der Waals surface area contributed by atoms with Crippen LogP contribution in [-0.2, 0) is 16.1 Å². The standard InChI is InChI=1S/C27H32N2O2/c1-2-3-5-8-22-11-13-23(14-12-22)15-16-26(30)29-19-17-27(18-20-29)21-25(28-31-27)24-9-6-4-7-10-24/h4,6-7,9-16H,2-3,5,8,17-21H2,1H3. The molecule has 2 aromatic rings. The molecule has 0 unspecified atom stereocenters. The maximum absolute atomic E-state index is 12.7. The van der Waals surface area contributed by atoms with Crippen molar-refractivity contribution in [3.63, 3.8) is 0 Å². The second kappa shape index (κ2) is 9.95. The highest BCUT2D eigenvalue weighted by atomic mass is 16.7. The molecule has 162 valence electrons. The highest BCUT2D eigenvalue weighted by molar-refractivity contribution is 6.01. The highest BCUT2D eigenvalue weighted by Gasteiger charge is 2.42. The third kappa shape index (κ3) is 5.43. The molecule has 0 bridgehead atoms. The summed E-state index contributed by atoms with van der Waals surface area (Å²) in [7, 11) is 0. The lowest BCUT2D eigenvalue weighted by Gasteiger charge is -2.36. The van der Waals surface area contributed by atoms with E-state index in [1.54, 1.807) is 6.08 Å². The van der Waals surface area contributed by atoms with Gasteiger partial charge in [0.15, 0.2) is 0 Å². The van der Waals surface area contributed by atoms with E-state index in [0.717, 1.165) is 42.5 Å². The Balaban J connectivity index is 1.26. The first kappa shape index (κ1) is 21.4. The number of benzene rings is 2. The summed E-state index contributed by atoms with van der Waals surface area (Å²) in [5.41, 5.74) is 4.32. The number of nitrogens with zero attached hydrogens (tertiary/aromatic N) is 2. The summed E-state index contributed by atoms with van der Waals surface area (Å²) < 4.78 is 0. The second-order valence-corrected chi connectivity index (χ2v) is 8.71. The zero-order valence-corrected chi connectivity index (χ0v) is 18.4. The molecule has 4 nitrogen and oxygen atoms in total. The zero-order valence-electron chi connectivity index (χ0n) is 18.4.